The molecule has 6 aromatic rings. The van der Waals surface area contributed by atoms with E-state index in [1.165, 1.54) is 55.8 Å². The number of rotatable bonds is 37. The van der Waals surface area contributed by atoms with Crippen LogP contribution in [0.4, 0.5) is 0 Å². The van der Waals surface area contributed by atoms with E-state index in [2.05, 4.69) is 75.7 Å². The Balaban J connectivity index is 1.42. The van der Waals surface area contributed by atoms with Crippen LogP contribution >= 0.6 is 0 Å². The highest BCUT2D eigenvalue weighted by Crippen LogP contribution is 2.34. The first-order valence-corrected chi connectivity index (χ1v) is 31.5. The lowest BCUT2D eigenvalue weighted by Gasteiger charge is -2.47. The molecular formula is C66H91B3N12O9. The Morgan fingerprint density at radius 3 is 1.30 bits per heavy atom. The van der Waals surface area contributed by atoms with Crippen LogP contribution in [0.3, 0.4) is 0 Å². The van der Waals surface area contributed by atoms with Crippen molar-refractivity contribution in [3.8, 4) is 0 Å². The molecule has 0 fully saturated rings. The Labute approximate surface area is 532 Å². The Kier molecular flexibility index (Phi) is 28.2. The average molecular weight is 1230 g/mol. The monoisotopic (exact) mass is 1230 g/mol. The molecule has 3 aromatic carbocycles. The number of hydrogen-bond donors (Lipinski definition) is 8. The molecule has 0 spiro atoms. The summed E-state index contributed by atoms with van der Waals surface area (Å²) in [7, 11) is -1.67. The number of nitrogens with one attached hydrogen (secondary N) is 6. The van der Waals surface area contributed by atoms with Crippen LogP contribution in [0.5, 0.6) is 0 Å². The van der Waals surface area contributed by atoms with E-state index in [1.54, 1.807) is 0 Å². The highest BCUT2D eigenvalue weighted by Gasteiger charge is 2.54. The summed E-state index contributed by atoms with van der Waals surface area (Å²) in [5.74, 6) is -5.45. The van der Waals surface area contributed by atoms with Crippen LogP contribution in [-0.2, 0) is 38.2 Å². The lowest BCUT2D eigenvalue weighted by Crippen LogP contribution is -2.69. The van der Waals surface area contributed by atoms with Crippen LogP contribution in [0.15, 0.2) is 147 Å². The van der Waals surface area contributed by atoms with Crippen molar-refractivity contribution in [2.45, 2.75) is 174 Å². The van der Waals surface area contributed by atoms with Gasteiger partial charge in [0.1, 0.15) is 29.2 Å². The quantitative estimate of drug-likeness (QED) is 0.0194. The fourth-order valence-electron chi connectivity index (χ4n) is 11.2. The van der Waals surface area contributed by atoms with Crippen molar-refractivity contribution in [2.24, 2.45) is 17.8 Å². The number of carbonyl (C=O) groups excluding carboxylic acids is 5. The largest absolute Gasteiger partial charge is 0.478 e. The molecule has 3 heterocycles. The summed E-state index contributed by atoms with van der Waals surface area (Å²) in [6.45, 7) is 17.4. The number of nitrogens with zero attached hydrogens (tertiary/aromatic N) is 6. The number of aromatic nitrogens is 6. The second-order valence-corrected chi connectivity index (χ2v) is 24.9. The molecule has 0 aliphatic carbocycles. The van der Waals surface area contributed by atoms with Gasteiger partial charge in [0, 0.05) is 74.5 Å². The molecular weight excluding hydrogens is 1140 g/mol. The van der Waals surface area contributed by atoms with Crippen LogP contribution < -0.4 is 31.9 Å². The van der Waals surface area contributed by atoms with E-state index >= 15 is 0 Å². The normalized spacial score (nSPS) is 14.8. The molecule has 5 amide bonds. The van der Waals surface area contributed by atoms with Crippen molar-refractivity contribution >= 4 is 50.5 Å². The van der Waals surface area contributed by atoms with Crippen LogP contribution in [0.25, 0.3) is 0 Å². The van der Waals surface area contributed by atoms with E-state index in [9.17, 15) is 34.0 Å². The zero-order valence-electron chi connectivity index (χ0n) is 53.8. The maximum Gasteiger partial charge on any atom is 0.478 e. The lowest BCUT2D eigenvalue weighted by molar-refractivity contribution is -0.124. The van der Waals surface area contributed by atoms with Gasteiger partial charge in [0.25, 0.3) is 17.7 Å². The van der Waals surface area contributed by atoms with Crippen molar-refractivity contribution < 1.29 is 43.3 Å². The van der Waals surface area contributed by atoms with Gasteiger partial charge in [-0.25, -0.2) is 15.0 Å². The molecule has 8 unspecified atom stereocenters. The Bertz CT molecular complexity index is 3120. The Hall–Kier alpha value is -7.76. The van der Waals surface area contributed by atoms with Gasteiger partial charge in [-0.2, -0.15) is 0 Å². The summed E-state index contributed by atoms with van der Waals surface area (Å²) >= 11 is 0. The van der Waals surface area contributed by atoms with E-state index in [0.717, 1.165) is 16.7 Å². The predicted molar refractivity (Wildman–Crippen MR) is 350 cm³/mol. The van der Waals surface area contributed by atoms with E-state index in [1.807, 2.05) is 146 Å². The number of hydrogen-bond acceptors (Lipinski definition) is 16. The zero-order chi connectivity index (χ0) is 65.2. The van der Waals surface area contributed by atoms with Crippen molar-refractivity contribution in [3.63, 3.8) is 0 Å². The summed E-state index contributed by atoms with van der Waals surface area (Å²) < 4.78 is 14.8. The highest BCUT2D eigenvalue weighted by molar-refractivity contribution is 6.62. The zero-order valence-corrected chi connectivity index (χ0v) is 53.8. The molecule has 478 valence electrons. The fraction of sp³-hybridized carbons (Fsp3) is 0.470. The molecule has 8 atom stereocenters. The second-order valence-electron chi connectivity index (χ2n) is 24.9. The van der Waals surface area contributed by atoms with Crippen molar-refractivity contribution in [2.75, 3.05) is 6.54 Å². The third-order valence-electron chi connectivity index (χ3n) is 15.9. The first-order valence-electron chi connectivity index (χ1n) is 31.5. The van der Waals surface area contributed by atoms with Crippen LogP contribution in [-0.4, -0.2) is 144 Å². The number of carbonyl (C=O) groups is 5. The van der Waals surface area contributed by atoms with Gasteiger partial charge in [-0.15, -0.1) is 0 Å². The van der Waals surface area contributed by atoms with Gasteiger partial charge in [-0.3, -0.25) is 38.9 Å². The third kappa shape index (κ3) is 22.3. The van der Waals surface area contributed by atoms with Crippen molar-refractivity contribution in [1.29, 1.82) is 0 Å². The molecule has 6 rings (SSSR count). The third-order valence-corrected chi connectivity index (χ3v) is 15.9. The maximum atomic E-state index is 14.9. The van der Waals surface area contributed by atoms with Gasteiger partial charge < -0.3 is 51.3 Å². The van der Waals surface area contributed by atoms with Gasteiger partial charge >= 0.3 is 20.9 Å². The molecule has 0 radical (unpaired) electrons. The number of amides is 5. The van der Waals surface area contributed by atoms with Gasteiger partial charge in [0.15, 0.2) is 0 Å². The van der Waals surface area contributed by atoms with Crippen molar-refractivity contribution in [3.05, 3.63) is 181 Å². The molecule has 0 bridgehead atoms. The second kappa shape index (κ2) is 35.6. The molecule has 90 heavy (non-hydrogen) atoms. The van der Waals surface area contributed by atoms with Gasteiger partial charge in [-0.1, -0.05) is 153 Å². The summed E-state index contributed by atoms with van der Waals surface area (Å²) in [4.78, 5) is 95.9. The van der Waals surface area contributed by atoms with Crippen LogP contribution in [0.1, 0.15) is 156 Å². The molecule has 3 aromatic heterocycles. The van der Waals surface area contributed by atoms with E-state index in [0.29, 0.717) is 25.7 Å². The van der Waals surface area contributed by atoms with E-state index < -0.39 is 97.4 Å². The minimum Gasteiger partial charge on any atom is -0.447 e. The van der Waals surface area contributed by atoms with E-state index in [4.69, 9.17) is 9.31 Å². The summed E-state index contributed by atoms with van der Waals surface area (Å²) in [5, 5.41) is 45.1. The highest BCUT2D eigenvalue weighted by atomic mass is 16.6. The van der Waals surface area contributed by atoms with Gasteiger partial charge in [0.05, 0.1) is 35.5 Å². The minimum absolute atomic E-state index is 0.0157. The Morgan fingerprint density at radius 1 is 0.500 bits per heavy atom. The molecule has 0 saturated carbocycles. The maximum absolute atomic E-state index is 14.9. The smallest absolute Gasteiger partial charge is 0.447 e. The van der Waals surface area contributed by atoms with Crippen LogP contribution in [0, 0.1) is 17.8 Å². The number of benzene rings is 3. The lowest BCUT2D eigenvalue weighted by atomic mass is 9.40. The SMILES string of the molecule is CCCC(C)(OB(C(CC(C)C)NCC(Cc1ccccc1)NC(=O)c1cnccn1)C(C)(CC)OB(O)C(CC(C)C)NC(=O)C(Cc1ccccc1)NC(=O)c1cnccn1)B(O)C(CC(C)C)NC(=O)C(Cc1ccccc1)NC(=O)c1cnccn1. The topological polar surface area (TPSA) is 294 Å². The van der Waals surface area contributed by atoms with Gasteiger partial charge in [0.2, 0.25) is 11.8 Å². The van der Waals surface area contributed by atoms with E-state index in [-0.39, 0.29) is 73.5 Å². The molecule has 24 heteroatoms. The Morgan fingerprint density at radius 2 is 0.900 bits per heavy atom. The first-order chi connectivity index (χ1) is 43.1. The minimum atomic E-state index is -1.67. The summed E-state index contributed by atoms with van der Waals surface area (Å²) in [6, 6.07) is 25.6. The predicted octanol–water partition coefficient (Wildman–Crippen LogP) is 6.46. The molecule has 8 N–H and O–H groups in total. The van der Waals surface area contributed by atoms with Crippen LogP contribution in [0.2, 0.25) is 0 Å². The standard InChI is InChI=1S/C66H91B3N12O9/c1-11-28-66(10,67(87)57(35-45(3)4)80-60(82)52(39-49-24-18-14-19-25-49)78-63(85)55-43-71-30-33-74-55)89-68(58(36-46(5)6)76-41-51(38-48-22-16-13-17-23-48)77-62(84)54-42-70-29-32-73-54)65(9,12-2)90-69(88)59(37-47(7)8)81-61(83)53(40-50-26-20-15-21-27-50)79-64(86)56-44-72-31-34-75-56/h13-27,29-34,42-47,51-53,57-59,76,87-88H,11-12,28,35-41H2,1-10H3,(H,77,84)(H,78,85)(H,79,86)(H,80,82)(H,81,83). The van der Waals surface area contributed by atoms with Gasteiger partial charge in [-0.05, 0) is 86.8 Å². The summed E-state index contributed by atoms with van der Waals surface area (Å²) in [6.07, 6.45) is 15.4. The molecule has 0 aliphatic heterocycles. The average Bonchev–Trinajstić information content (AvgIpc) is 0.912. The first kappa shape index (κ1) is 71.3. The summed E-state index contributed by atoms with van der Waals surface area (Å²) in [5.41, 5.74) is -0.178. The molecule has 0 saturated heterocycles. The fourth-order valence-corrected chi connectivity index (χ4v) is 11.2. The van der Waals surface area contributed by atoms with Crippen molar-refractivity contribution in [1.82, 2.24) is 61.8 Å². The molecule has 0 aliphatic rings. The molecule has 21 nitrogen and oxygen atoms in total.